The number of esters is 1. The van der Waals surface area contributed by atoms with Crippen molar-refractivity contribution in [2.45, 2.75) is 56.8 Å². The Hall–Kier alpha value is -1.05. The Bertz CT molecular complexity index is 689. The van der Waals surface area contributed by atoms with Gasteiger partial charge in [0.05, 0.1) is 17.6 Å². The van der Waals surface area contributed by atoms with Crippen LogP contribution in [0.5, 0.6) is 5.75 Å². The Morgan fingerprint density at radius 3 is 2.52 bits per heavy atom. The van der Waals surface area contributed by atoms with E-state index in [0.29, 0.717) is 5.75 Å². The first-order chi connectivity index (χ1) is 12.5. The highest BCUT2D eigenvalue weighted by atomic mass is 35.5. The monoisotopic (exact) mass is 415 g/mol. The van der Waals surface area contributed by atoms with Gasteiger partial charge >= 0.3 is 13.7 Å². The van der Waals surface area contributed by atoms with E-state index in [1.807, 2.05) is 0 Å². The molecule has 2 rings (SSSR count). The summed E-state index contributed by atoms with van der Waals surface area (Å²) in [5.74, 6) is -0.282. The molecule has 1 N–H and O–H groups in total. The second kappa shape index (κ2) is 8.97. The molecule has 1 aliphatic rings. The van der Waals surface area contributed by atoms with Crippen LogP contribution in [0.1, 0.15) is 27.7 Å². The lowest BCUT2D eigenvalue weighted by Gasteiger charge is -2.30. The van der Waals surface area contributed by atoms with Gasteiger partial charge in [-0.05, 0) is 39.8 Å². The standard InChI is InChI=1S/C17H24BClNO6P/c1-11(2)24-15(21)12(3)20-27(22,25-13-8-6-5-7-9-13)26-14-10-23-16(18)17(14,4)19/h5-9,11-12,14,16H,10H2,1-4H3,(H,20,22)/t12-,14-,16-,17-,27?/m1/s1. The van der Waals surface area contributed by atoms with E-state index >= 15 is 0 Å². The van der Waals surface area contributed by atoms with Crippen LogP contribution in [0.4, 0.5) is 0 Å². The molecule has 2 radical (unpaired) electrons. The molecule has 0 bridgehead atoms. The smallest absolute Gasteiger partial charge is 0.459 e. The van der Waals surface area contributed by atoms with E-state index in [9.17, 15) is 9.36 Å². The van der Waals surface area contributed by atoms with Crippen LogP contribution in [-0.4, -0.2) is 49.5 Å². The van der Waals surface area contributed by atoms with Gasteiger partial charge in [-0.2, -0.15) is 5.09 Å². The third-order valence-electron chi connectivity index (χ3n) is 3.91. The molecule has 0 aliphatic carbocycles. The van der Waals surface area contributed by atoms with Crippen molar-refractivity contribution in [2.75, 3.05) is 6.61 Å². The maximum atomic E-state index is 13.4. The summed E-state index contributed by atoms with van der Waals surface area (Å²) in [7, 11) is 1.80. The molecular weight excluding hydrogens is 391 g/mol. The number of ether oxygens (including phenoxy) is 2. The highest BCUT2D eigenvalue weighted by Gasteiger charge is 2.49. The Morgan fingerprint density at radius 2 is 2.00 bits per heavy atom. The zero-order valence-corrected chi connectivity index (χ0v) is 17.4. The highest BCUT2D eigenvalue weighted by Crippen LogP contribution is 2.50. The SMILES string of the molecule is [B][C@@H]1OC[C@@H](OP(=O)(N[C@H](C)C(=O)OC(C)C)Oc2ccccc2)[C@@]1(C)Cl. The number of rotatable bonds is 8. The number of hydrogen-bond donors (Lipinski definition) is 1. The largest absolute Gasteiger partial charge is 0.462 e. The number of hydrogen-bond acceptors (Lipinski definition) is 6. The molecule has 5 atom stereocenters. The van der Waals surface area contributed by atoms with Crippen molar-refractivity contribution < 1.29 is 27.9 Å². The lowest BCUT2D eigenvalue weighted by molar-refractivity contribution is -0.149. The van der Waals surface area contributed by atoms with Gasteiger partial charge in [-0.1, -0.05) is 18.2 Å². The average molecular weight is 416 g/mol. The molecule has 7 nitrogen and oxygen atoms in total. The molecule has 1 aromatic carbocycles. The molecule has 27 heavy (non-hydrogen) atoms. The van der Waals surface area contributed by atoms with Crippen molar-refractivity contribution in [3.63, 3.8) is 0 Å². The Kier molecular flexibility index (Phi) is 7.39. The molecule has 0 aromatic heterocycles. The third-order valence-corrected chi connectivity index (χ3v) is 6.05. The number of para-hydroxylation sites is 1. The molecule has 1 unspecified atom stereocenters. The lowest BCUT2D eigenvalue weighted by atomic mass is 9.86. The molecule has 10 heteroatoms. The highest BCUT2D eigenvalue weighted by molar-refractivity contribution is 7.52. The summed E-state index contributed by atoms with van der Waals surface area (Å²) < 4.78 is 35.1. The topological polar surface area (TPSA) is 83.1 Å². The van der Waals surface area contributed by atoms with Crippen LogP contribution in [-0.2, 0) is 23.4 Å². The van der Waals surface area contributed by atoms with Crippen molar-refractivity contribution >= 4 is 33.2 Å². The summed E-state index contributed by atoms with van der Waals surface area (Å²) in [6, 6.07) is 6.72. The van der Waals surface area contributed by atoms with Gasteiger partial charge in [-0.15, -0.1) is 11.6 Å². The molecular formula is C17H24BClNO6P. The number of alkyl halides is 1. The minimum absolute atomic E-state index is 0.0375. The van der Waals surface area contributed by atoms with Crippen molar-refractivity contribution in [1.29, 1.82) is 0 Å². The van der Waals surface area contributed by atoms with Gasteiger partial charge in [0.25, 0.3) is 0 Å². The molecule has 1 fully saturated rings. The van der Waals surface area contributed by atoms with Crippen molar-refractivity contribution in [3.05, 3.63) is 30.3 Å². The summed E-state index contributed by atoms with van der Waals surface area (Å²) in [6.45, 7) is 6.61. The predicted molar refractivity (Wildman–Crippen MR) is 103 cm³/mol. The van der Waals surface area contributed by atoms with E-state index in [1.54, 1.807) is 51.1 Å². The van der Waals surface area contributed by atoms with Crippen LogP contribution < -0.4 is 9.61 Å². The maximum absolute atomic E-state index is 13.4. The molecule has 0 amide bonds. The average Bonchev–Trinajstić information content (AvgIpc) is 2.81. The molecule has 0 spiro atoms. The summed E-state index contributed by atoms with van der Waals surface area (Å²) >= 11 is 6.39. The van der Waals surface area contributed by atoms with Crippen LogP contribution in [0.3, 0.4) is 0 Å². The van der Waals surface area contributed by atoms with Gasteiger partial charge in [0.1, 0.15) is 25.7 Å². The lowest BCUT2D eigenvalue weighted by Crippen LogP contribution is -2.42. The van der Waals surface area contributed by atoms with Crippen molar-refractivity contribution in [1.82, 2.24) is 5.09 Å². The Balaban J connectivity index is 2.20. The first-order valence-corrected chi connectivity index (χ1v) is 10.5. The second-order valence-corrected chi connectivity index (χ2v) is 9.20. The summed E-state index contributed by atoms with van der Waals surface area (Å²) in [5, 5.41) is 2.61. The first-order valence-electron chi connectivity index (χ1n) is 8.61. The fourth-order valence-electron chi connectivity index (χ4n) is 2.32. The quantitative estimate of drug-likeness (QED) is 0.302. The molecule has 1 heterocycles. The van der Waals surface area contributed by atoms with Crippen LogP contribution >= 0.6 is 19.3 Å². The second-order valence-electron chi connectivity index (χ2n) is 6.74. The van der Waals surface area contributed by atoms with Crippen LogP contribution in [0.2, 0.25) is 0 Å². The van der Waals surface area contributed by atoms with E-state index in [4.69, 9.17) is 38.0 Å². The predicted octanol–water partition coefficient (Wildman–Crippen LogP) is 3.01. The fraction of sp³-hybridized carbons (Fsp3) is 0.588. The van der Waals surface area contributed by atoms with E-state index in [1.165, 1.54) is 6.92 Å². The minimum atomic E-state index is -4.02. The fourth-order valence-corrected chi connectivity index (χ4v) is 4.31. The summed E-state index contributed by atoms with van der Waals surface area (Å²) in [4.78, 5) is 11.0. The Morgan fingerprint density at radius 1 is 1.37 bits per heavy atom. The van der Waals surface area contributed by atoms with Crippen molar-refractivity contribution in [2.24, 2.45) is 0 Å². The molecule has 0 saturated carbocycles. The normalized spacial score (nSPS) is 28.5. The van der Waals surface area contributed by atoms with Gasteiger partial charge < -0.3 is 14.0 Å². The van der Waals surface area contributed by atoms with E-state index in [2.05, 4.69) is 5.09 Å². The van der Waals surface area contributed by atoms with E-state index in [-0.39, 0.29) is 12.7 Å². The molecule has 1 aliphatic heterocycles. The van der Waals surface area contributed by atoms with Crippen molar-refractivity contribution in [3.8, 4) is 5.75 Å². The summed E-state index contributed by atoms with van der Waals surface area (Å²) in [5.41, 5.74) is 0. The third kappa shape index (κ3) is 5.96. The number of carbonyl (C=O) groups is 1. The van der Waals surface area contributed by atoms with Gasteiger partial charge in [0.15, 0.2) is 0 Å². The van der Waals surface area contributed by atoms with Gasteiger partial charge in [0, 0.05) is 6.00 Å². The van der Waals surface area contributed by atoms with Gasteiger partial charge in [0.2, 0.25) is 0 Å². The summed E-state index contributed by atoms with van der Waals surface area (Å²) in [6.07, 6.45) is -1.13. The molecule has 1 aromatic rings. The van der Waals surface area contributed by atoms with Crippen LogP contribution in [0.25, 0.3) is 0 Å². The molecule has 1 saturated heterocycles. The number of halogens is 1. The zero-order valence-electron chi connectivity index (χ0n) is 15.8. The number of nitrogens with one attached hydrogen (secondary N) is 1. The van der Waals surface area contributed by atoms with Crippen LogP contribution in [0, 0.1) is 0 Å². The van der Waals surface area contributed by atoms with Crippen LogP contribution in [0.15, 0.2) is 30.3 Å². The van der Waals surface area contributed by atoms with Gasteiger partial charge in [-0.3, -0.25) is 9.32 Å². The number of benzene rings is 1. The van der Waals surface area contributed by atoms with Gasteiger partial charge in [-0.25, -0.2) is 4.57 Å². The minimum Gasteiger partial charge on any atom is -0.462 e. The molecule has 148 valence electrons. The zero-order chi connectivity index (χ0) is 20.2. The van der Waals surface area contributed by atoms with E-state index < -0.39 is 36.7 Å². The number of carbonyl (C=O) groups excluding carboxylic acids is 1. The first kappa shape index (κ1) is 22.2. The maximum Gasteiger partial charge on any atom is 0.459 e. The Labute approximate surface area is 166 Å². The van der Waals surface area contributed by atoms with E-state index in [0.717, 1.165) is 0 Å².